The summed E-state index contributed by atoms with van der Waals surface area (Å²) in [5.74, 6) is -4.41. The van der Waals surface area contributed by atoms with Gasteiger partial charge in [-0.3, -0.25) is 14.4 Å². The van der Waals surface area contributed by atoms with E-state index in [1.165, 1.54) is 31.3 Å². The molecule has 0 aliphatic heterocycles. The van der Waals surface area contributed by atoms with E-state index in [2.05, 4.69) is 36.2 Å². The number of alkyl halides is 3. The average molecular weight is 733 g/mol. The molecule has 1 aliphatic carbocycles. The van der Waals surface area contributed by atoms with Crippen molar-refractivity contribution in [2.75, 3.05) is 42.7 Å². The molecule has 3 amide bonds. The number of hydrogen-bond acceptors (Lipinski definition) is 9. The number of carbonyl (C=O) groups excluding carboxylic acids is 3. The van der Waals surface area contributed by atoms with Crippen molar-refractivity contribution in [3.63, 3.8) is 0 Å². The number of carbonyl (C=O) groups is 3. The first-order valence-corrected chi connectivity index (χ1v) is 15.7. The summed E-state index contributed by atoms with van der Waals surface area (Å²) >= 11 is 6.01. The summed E-state index contributed by atoms with van der Waals surface area (Å²) in [6, 6.07) is 15.0. The molecular weight excluding hydrogens is 703 g/mol. The van der Waals surface area contributed by atoms with Crippen LogP contribution < -0.4 is 26.0 Å². The van der Waals surface area contributed by atoms with Gasteiger partial charge in [0.15, 0.2) is 6.61 Å². The van der Waals surface area contributed by atoms with Crippen LogP contribution in [0, 0.1) is 11.6 Å². The van der Waals surface area contributed by atoms with Crippen molar-refractivity contribution in [2.24, 2.45) is 0 Å². The van der Waals surface area contributed by atoms with E-state index < -0.39 is 53.7 Å². The predicted octanol–water partition coefficient (Wildman–Crippen LogP) is 5.81. The molecule has 1 heterocycles. The maximum Gasteiger partial charge on any atom is 0.422 e. The fourth-order valence-corrected chi connectivity index (χ4v) is 4.94. The molecule has 0 spiro atoms. The minimum absolute atomic E-state index is 0.0110. The molecule has 1 fully saturated rings. The lowest BCUT2D eigenvalue weighted by molar-refractivity contribution is -0.154. The lowest BCUT2D eigenvalue weighted by atomic mass is 10.1. The Hall–Kier alpha value is -5.58. The van der Waals surface area contributed by atoms with Crippen LogP contribution in [0.2, 0.25) is 5.02 Å². The second-order valence-electron chi connectivity index (χ2n) is 11.5. The highest BCUT2D eigenvalue weighted by Crippen LogP contribution is 2.48. The quantitative estimate of drug-likeness (QED) is 0.0759. The van der Waals surface area contributed by atoms with Gasteiger partial charge in [0.2, 0.25) is 11.9 Å². The van der Waals surface area contributed by atoms with E-state index in [4.69, 9.17) is 16.3 Å². The van der Waals surface area contributed by atoms with Crippen molar-refractivity contribution >= 4 is 52.6 Å². The van der Waals surface area contributed by atoms with Crippen molar-refractivity contribution in [1.82, 2.24) is 25.2 Å². The Morgan fingerprint density at radius 2 is 1.55 bits per heavy atom. The summed E-state index contributed by atoms with van der Waals surface area (Å²) in [4.78, 5) is 50.6. The van der Waals surface area contributed by atoms with Crippen LogP contribution in [0.1, 0.15) is 35.2 Å². The van der Waals surface area contributed by atoms with E-state index in [1.54, 1.807) is 12.1 Å². The molecule has 51 heavy (non-hydrogen) atoms. The SMILES string of the molecule is CN(CCCNC(=O)c1ccc(Nc2nc(NC3(c4ccc(Cl)cc4)CC3)nc(OCC(F)(F)F)n2)cc1)C(=O)C(=O)Nc1cc(F)cc(F)c1. The third kappa shape index (κ3) is 10.5. The van der Waals surface area contributed by atoms with Crippen molar-refractivity contribution in [3.8, 4) is 6.01 Å². The molecule has 18 heteroatoms. The number of hydrogen-bond donors (Lipinski definition) is 4. The van der Waals surface area contributed by atoms with Crippen LogP contribution >= 0.6 is 11.6 Å². The Morgan fingerprint density at radius 3 is 2.18 bits per heavy atom. The minimum Gasteiger partial charge on any atom is -0.454 e. The van der Waals surface area contributed by atoms with E-state index in [9.17, 15) is 36.3 Å². The Bertz CT molecular complexity index is 1870. The van der Waals surface area contributed by atoms with E-state index >= 15 is 0 Å². The number of anilines is 4. The molecule has 4 aromatic rings. The molecule has 0 atom stereocenters. The Morgan fingerprint density at radius 1 is 0.902 bits per heavy atom. The number of aromatic nitrogens is 3. The minimum atomic E-state index is -4.62. The highest BCUT2D eigenvalue weighted by atomic mass is 35.5. The van der Waals surface area contributed by atoms with Crippen LogP contribution in [0.15, 0.2) is 66.7 Å². The molecule has 1 aromatic heterocycles. The smallest absolute Gasteiger partial charge is 0.422 e. The summed E-state index contributed by atoms with van der Waals surface area (Å²) < 4.78 is 70.2. The zero-order valence-electron chi connectivity index (χ0n) is 26.8. The van der Waals surface area contributed by atoms with Crippen molar-refractivity contribution in [3.05, 3.63) is 94.5 Å². The topological polar surface area (TPSA) is 150 Å². The first-order valence-electron chi connectivity index (χ1n) is 15.4. The second kappa shape index (κ2) is 15.5. The maximum absolute atomic E-state index is 13.4. The van der Waals surface area contributed by atoms with Crippen LogP contribution in [0.25, 0.3) is 0 Å². The summed E-state index contributed by atoms with van der Waals surface area (Å²) in [5.41, 5.74) is 0.837. The van der Waals surface area contributed by atoms with Gasteiger partial charge in [0, 0.05) is 48.2 Å². The van der Waals surface area contributed by atoms with Crippen molar-refractivity contribution < 1.29 is 41.1 Å². The molecule has 0 radical (unpaired) electrons. The average Bonchev–Trinajstić information content (AvgIpc) is 3.85. The maximum atomic E-state index is 13.4. The number of nitrogens with one attached hydrogen (secondary N) is 4. The predicted molar refractivity (Wildman–Crippen MR) is 177 cm³/mol. The standard InChI is InChI=1S/C33H30ClF5N8O4/c1-47(28(50)27(49)41-25-16-22(35)15-23(36)17-25)14-2-13-40-26(48)19-3-9-24(10-4-19)42-29-43-30(45-31(44-29)51-18-33(37,38)39)46-32(11-12-32)20-5-7-21(34)8-6-20/h3-10,15-17H,2,11-14,18H2,1H3,(H,40,48)(H,41,49)(H2,42,43,44,45,46). The van der Waals surface area contributed by atoms with Gasteiger partial charge in [-0.15, -0.1) is 0 Å². The molecule has 5 rings (SSSR count). The van der Waals surface area contributed by atoms with Crippen LogP contribution in [-0.2, 0) is 15.1 Å². The van der Waals surface area contributed by atoms with Gasteiger partial charge < -0.3 is 30.9 Å². The molecule has 0 saturated heterocycles. The zero-order chi connectivity index (χ0) is 36.8. The number of nitrogens with zero attached hydrogens (tertiary/aromatic N) is 4. The van der Waals surface area contributed by atoms with Gasteiger partial charge in [0.25, 0.3) is 5.91 Å². The summed E-state index contributed by atoms with van der Waals surface area (Å²) in [7, 11) is 1.36. The zero-order valence-corrected chi connectivity index (χ0v) is 27.5. The molecule has 12 nitrogen and oxygen atoms in total. The number of ether oxygens (including phenoxy) is 1. The van der Waals surface area contributed by atoms with Crippen LogP contribution in [0.5, 0.6) is 6.01 Å². The summed E-state index contributed by atoms with van der Waals surface area (Å²) in [6.45, 7) is -1.37. The number of rotatable bonds is 13. The fraction of sp³-hybridized carbons (Fsp3) is 0.273. The largest absolute Gasteiger partial charge is 0.454 e. The van der Waals surface area contributed by atoms with Gasteiger partial charge in [-0.25, -0.2) is 8.78 Å². The normalized spacial score (nSPS) is 13.2. The van der Waals surface area contributed by atoms with Gasteiger partial charge >= 0.3 is 24.0 Å². The van der Waals surface area contributed by atoms with E-state index in [0.29, 0.717) is 16.8 Å². The number of halogens is 6. The highest BCUT2D eigenvalue weighted by molar-refractivity contribution is 6.39. The van der Waals surface area contributed by atoms with Gasteiger partial charge in [-0.05, 0) is 73.4 Å². The van der Waals surface area contributed by atoms with E-state index in [-0.39, 0.29) is 42.7 Å². The molecule has 1 saturated carbocycles. The monoisotopic (exact) mass is 732 g/mol. The first-order chi connectivity index (χ1) is 24.2. The number of likely N-dealkylation sites (N-methyl/N-ethyl adjacent to an activating group) is 1. The Kier molecular flexibility index (Phi) is 11.2. The van der Waals surface area contributed by atoms with Gasteiger partial charge in [0.1, 0.15) is 11.6 Å². The summed E-state index contributed by atoms with van der Waals surface area (Å²) in [6.07, 6.45) is -2.90. The Labute approximate surface area is 292 Å². The molecule has 268 valence electrons. The van der Waals surface area contributed by atoms with Gasteiger partial charge in [0.05, 0.1) is 5.54 Å². The molecule has 0 bridgehead atoms. The molecule has 0 unspecified atom stereocenters. The third-order valence-corrected chi connectivity index (χ3v) is 7.75. The second-order valence-corrected chi connectivity index (χ2v) is 12.0. The third-order valence-electron chi connectivity index (χ3n) is 7.50. The number of amides is 3. The molecule has 1 aliphatic rings. The van der Waals surface area contributed by atoms with Crippen LogP contribution in [0.4, 0.5) is 45.2 Å². The Balaban J connectivity index is 1.14. The molecule has 4 N–H and O–H groups in total. The van der Waals surface area contributed by atoms with Crippen molar-refractivity contribution in [1.29, 1.82) is 0 Å². The van der Waals surface area contributed by atoms with Gasteiger partial charge in [-0.1, -0.05) is 23.7 Å². The van der Waals surface area contributed by atoms with Crippen molar-refractivity contribution in [2.45, 2.75) is 31.0 Å². The summed E-state index contributed by atoms with van der Waals surface area (Å²) in [5, 5.41) is 11.5. The van der Waals surface area contributed by atoms with Crippen LogP contribution in [0.3, 0.4) is 0 Å². The van der Waals surface area contributed by atoms with E-state index in [1.807, 2.05) is 12.1 Å². The van der Waals surface area contributed by atoms with E-state index in [0.717, 1.165) is 35.4 Å². The molecule has 3 aromatic carbocycles. The number of benzene rings is 3. The highest BCUT2D eigenvalue weighted by Gasteiger charge is 2.45. The lowest BCUT2D eigenvalue weighted by Crippen LogP contribution is -2.38. The molecular formula is C33H30ClF5N8O4. The van der Waals surface area contributed by atoms with Gasteiger partial charge in [-0.2, -0.15) is 28.1 Å². The van der Waals surface area contributed by atoms with Crippen LogP contribution in [-0.4, -0.2) is 70.5 Å². The lowest BCUT2D eigenvalue weighted by Gasteiger charge is -2.19. The first kappa shape index (κ1) is 36.7. The fourth-order valence-electron chi connectivity index (χ4n) is 4.81.